The average Bonchev–Trinajstić information content (AvgIpc) is 3.18. The number of hydrazone groups is 1. The second-order valence-corrected chi connectivity index (χ2v) is 9.35. The number of hydrogen-bond donors (Lipinski definition) is 1. The summed E-state index contributed by atoms with van der Waals surface area (Å²) >= 11 is 5.03. The quantitative estimate of drug-likeness (QED) is 0.360. The fraction of sp³-hybridized carbons (Fsp3) is 0.160. The summed E-state index contributed by atoms with van der Waals surface area (Å²) in [5, 5.41) is 4.00. The topological polar surface area (TPSA) is 61.8 Å². The minimum atomic E-state index is -0.279. The fourth-order valence-electron chi connectivity index (χ4n) is 3.48. The molecule has 7 heteroatoms. The number of benzene rings is 3. The number of rotatable bonds is 7. The molecule has 0 aliphatic carbocycles. The van der Waals surface area contributed by atoms with Gasteiger partial charge in [0.25, 0.3) is 5.91 Å². The van der Waals surface area contributed by atoms with E-state index in [0.29, 0.717) is 17.9 Å². The van der Waals surface area contributed by atoms with Crippen molar-refractivity contribution in [2.75, 3.05) is 12.3 Å². The maximum absolute atomic E-state index is 12.4. The molecule has 3 aromatic rings. The summed E-state index contributed by atoms with van der Waals surface area (Å²) in [6.45, 7) is 0.674. The Bertz CT molecular complexity index is 1120. The van der Waals surface area contributed by atoms with Crippen LogP contribution in [-0.4, -0.2) is 35.2 Å². The Labute approximate surface area is 200 Å². The van der Waals surface area contributed by atoms with Crippen molar-refractivity contribution in [3.63, 3.8) is 0 Å². The second kappa shape index (κ2) is 10.6. The number of nitrogens with one attached hydrogen (secondary N) is 1. The van der Waals surface area contributed by atoms with Gasteiger partial charge >= 0.3 is 0 Å². The molecule has 1 aliphatic heterocycles. The largest absolute Gasteiger partial charge is 0.326 e. The average molecular weight is 508 g/mol. The predicted molar refractivity (Wildman–Crippen MR) is 133 cm³/mol. The first kappa shape index (κ1) is 22.3. The van der Waals surface area contributed by atoms with Crippen molar-refractivity contribution in [2.45, 2.75) is 11.8 Å². The lowest BCUT2D eigenvalue weighted by molar-refractivity contribution is -0.128. The van der Waals surface area contributed by atoms with Gasteiger partial charge in [0, 0.05) is 16.6 Å². The minimum absolute atomic E-state index is 0.0297. The van der Waals surface area contributed by atoms with Crippen molar-refractivity contribution in [1.82, 2.24) is 10.3 Å². The minimum Gasteiger partial charge on any atom is -0.326 e. The summed E-state index contributed by atoms with van der Waals surface area (Å²) < 4.78 is 0.949. The van der Waals surface area contributed by atoms with Gasteiger partial charge in [0.15, 0.2) is 0 Å². The van der Waals surface area contributed by atoms with E-state index >= 15 is 0 Å². The maximum atomic E-state index is 12.4. The molecule has 4 rings (SSSR count). The fourth-order valence-corrected chi connectivity index (χ4v) is 5.12. The Morgan fingerprint density at radius 2 is 1.88 bits per heavy atom. The lowest BCUT2D eigenvalue weighted by atomic mass is 10.1. The van der Waals surface area contributed by atoms with Crippen LogP contribution in [-0.2, 0) is 11.2 Å². The number of carbonyl (C=O) groups is 2. The van der Waals surface area contributed by atoms with E-state index in [1.54, 1.807) is 30.1 Å². The first-order valence-corrected chi connectivity index (χ1v) is 12.1. The number of carbonyl (C=O) groups excluding carboxylic acids is 2. The third-order valence-electron chi connectivity index (χ3n) is 5.14. The number of nitrogens with zero attached hydrogens (tertiary/aromatic N) is 2. The molecule has 0 aromatic heterocycles. The standard InChI is InChI=1S/C25H22BrN3O2S/c26-22-8-4-7-19(15-22)16-27-28-24(31)20-9-11-21(12-10-20)25-29(23(30)17-32-25)14-13-18-5-2-1-3-6-18/h1-12,15-16,25H,13-14,17H2,(H,28,31)/b27-16-/t25-/m0/s1. The van der Waals surface area contributed by atoms with Gasteiger partial charge < -0.3 is 4.90 Å². The maximum Gasteiger partial charge on any atom is 0.271 e. The third-order valence-corrected chi connectivity index (χ3v) is 6.89. The molecule has 1 fully saturated rings. The molecule has 1 heterocycles. The van der Waals surface area contributed by atoms with Crippen LogP contribution in [0, 0.1) is 0 Å². The molecule has 3 aromatic carbocycles. The SMILES string of the molecule is O=C(N/N=C\c1cccc(Br)c1)c1ccc([C@@H]2SCC(=O)N2CCc2ccccc2)cc1. The van der Waals surface area contributed by atoms with E-state index in [2.05, 4.69) is 38.6 Å². The van der Waals surface area contributed by atoms with Crippen molar-refractivity contribution in [2.24, 2.45) is 5.10 Å². The molecule has 5 nitrogen and oxygen atoms in total. The Morgan fingerprint density at radius 1 is 1.09 bits per heavy atom. The van der Waals surface area contributed by atoms with Gasteiger partial charge in [-0.3, -0.25) is 9.59 Å². The van der Waals surface area contributed by atoms with Crippen molar-refractivity contribution >= 4 is 45.7 Å². The molecule has 0 unspecified atom stereocenters. The number of halogens is 1. The van der Waals surface area contributed by atoms with Crippen LogP contribution in [0.1, 0.15) is 32.4 Å². The highest BCUT2D eigenvalue weighted by Crippen LogP contribution is 2.38. The summed E-state index contributed by atoms with van der Waals surface area (Å²) in [4.78, 5) is 26.8. The molecule has 0 bridgehead atoms. The number of hydrogen-bond acceptors (Lipinski definition) is 4. The highest BCUT2D eigenvalue weighted by Gasteiger charge is 2.32. The molecular formula is C25H22BrN3O2S. The van der Waals surface area contributed by atoms with Crippen LogP contribution in [0.5, 0.6) is 0 Å². The Balaban J connectivity index is 1.37. The van der Waals surface area contributed by atoms with E-state index < -0.39 is 0 Å². The summed E-state index contributed by atoms with van der Waals surface area (Å²) in [7, 11) is 0. The number of thioether (sulfide) groups is 1. The Morgan fingerprint density at radius 3 is 2.62 bits per heavy atom. The van der Waals surface area contributed by atoms with Crippen LogP contribution in [0.4, 0.5) is 0 Å². The molecule has 162 valence electrons. The molecule has 0 saturated carbocycles. The van der Waals surface area contributed by atoms with Crippen molar-refractivity contribution < 1.29 is 9.59 Å². The molecule has 1 aliphatic rings. The molecule has 32 heavy (non-hydrogen) atoms. The molecular weight excluding hydrogens is 486 g/mol. The van der Waals surface area contributed by atoms with Gasteiger partial charge in [-0.05, 0) is 47.4 Å². The van der Waals surface area contributed by atoms with Gasteiger partial charge in [0.1, 0.15) is 5.37 Å². The van der Waals surface area contributed by atoms with Gasteiger partial charge in [0.2, 0.25) is 5.91 Å². The van der Waals surface area contributed by atoms with Gasteiger partial charge in [0.05, 0.1) is 12.0 Å². The van der Waals surface area contributed by atoms with Crippen LogP contribution in [0.15, 0.2) is 88.4 Å². The summed E-state index contributed by atoms with van der Waals surface area (Å²) in [5.74, 6) is 0.352. The zero-order valence-electron chi connectivity index (χ0n) is 17.3. The van der Waals surface area contributed by atoms with E-state index in [1.165, 1.54) is 5.56 Å². The Hall–Kier alpha value is -2.90. The summed E-state index contributed by atoms with van der Waals surface area (Å²) in [5.41, 5.74) is 6.19. The molecule has 1 saturated heterocycles. The lowest BCUT2D eigenvalue weighted by Gasteiger charge is -2.24. The molecule has 2 amide bonds. The van der Waals surface area contributed by atoms with Gasteiger partial charge in [-0.15, -0.1) is 11.8 Å². The van der Waals surface area contributed by atoms with Gasteiger partial charge in [-0.1, -0.05) is 70.5 Å². The van der Waals surface area contributed by atoms with Crippen LogP contribution >= 0.6 is 27.7 Å². The van der Waals surface area contributed by atoms with Gasteiger partial charge in [-0.25, -0.2) is 5.43 Å². The van der Waals surface area contributed by atoms with Crippen LogP contribution < -0.4 is 5.43 Å². The highest BCUT2D eigenvalue weighted by atomic mass is 79.9. The predicted octanol–water partition coefficient (Wildman–Crippen LogP) is 5.03. The van der Waals surface area contributed by atoms with Gasteiger partial charge in [-0.2, -0.15) is 5.10 Å². The summed E-state index contributed by atoms with van der Waals surface area (Å²) in [6.07, 6.45) is 2.42. The zero-order valence-corrected chi connectivity index (χ0v) is 19.7. The highest BCUT2D eigenvalue weighted by molar-refractivity contribution is 9.10. The summed E-state index contributed by atoms with van der Waals surface area (Å²) in [6, 6.07) is 25.2. The van der Waals surface area contributed by atoms with E-state index in [9.17, 15) is 9.59 Å². The first-order valence-electron chi connectivity index (χ1n) is 10.2. The van der Waals surface area contributed by atoms with E-state index in [0.717, 1.165) is 22.0 Å². The van der Waals surface area contributed by atoms with E-state index in [4.69, 9.17) is 0 Å². The monoisotopic (exact) mass is 507 g/mol. The molecule has 0 radical (unpaired) electrons. The number of amides is 2. The van der Waals surface area contributed by atoms with Crippen molar-refractivity contribution in [1.29, 1.82) is 0 Å². The second-order valence-electron chi connectivity index (χ2n) is 7.36. The Kier molecular flexibility index (Phi) is 7.39. The van der Waals surface area contributed by atoms with Crippen molar-refractivity contribution in [3.05, 3.63) is 106 Å². The van der Waals surface area contributed by atoms with E-state index in [-0.39, 0.29) is 17.2 Å². The van der Waals surface area contributed by atoms with E-state index in [1.807, 2.05) is 59.5 Å². The lowest BCUT2D eigenvalue weighted by Crippen LogP contribution is -2.30. The molecule has 0 spiro atoms. The molecule has 1 atom stereocenters. The zero-order chi connectivity index (χ0) is 22.3. The molecule has 1 N–H and O–H groups in total. The van der Waals surface area contributed by atoms with Crippen LogP contribution in [0.2, 0.25) is 0 Å². The third kappa shape index (κ3) is 5.66. The van der Waals surface area contributed by atoms with Crippen LogP contribution in [0.25, 0.3) is 0 Å². The first-order chi connectivity index (χ1) is 15.6. The smallest absolute Gasteiger partial charge is 0.271 e. The normalized spacial score (nSPS) is 16.0. The van der Waals surface area contributed by atoms with Crippen LogP contribution in [0.3, 0.4) is 0 Å². The van der Waals surface area contributed by atoms with Crippen molar-refractivity contribution in [3.8, 4) is 0 Å².